The molecule has 0 fully saturated rings. The fourth-order valence-corrected chi connectivity index (χ4v) is 0.906. The maximum atomic E-state index is 5.82. The third-order valence-electron chi connectivity index (χ3n) is 1.30. The van der Waals surface area contributed by atoms with Gasteiger partial charge in [-0.25, -0.2) is 5.32 Å². The van der Waals surface area contributed by atoms with E-state index >= 15 is 0 Å². The van der Waals surface area contributed by atoms with E-state index in [9.17, 15) is 0 Å². The number of nitrogens with zero attached hydrogens (tertiary/aromatic N) is 1. The van der Waals surface area contributed by atoms with Crippen LogP contribution in [0, 0.1) is 0 Å². The van der Waals surface area contributed by atoms with E-state index in [2.05, 4.69) is 5.32 Å². The summed E-state index contributed by atoms with van der Waals surface area (Å²) < 4.78 is 0. The summed E-state index contributed by atoms with van der Waals surface area (Å²) in [5.41, 5.74) is 0.855. The van der Waals surface area contributed by atoms with Crippen LogP contribution in [0.5, 0.6) is 0 Å². The molecule has 1 nitrogen and oxygen atoms in total. The Hall–Kier alpha value is -0.530. The van der Waals surface area contributed by atoms with Gasteiger partial charge in [-0.05, 0) is 5.56 Å². The predicted molar refractivity (Wildman–Crippen MR) is 43.1 cm³/mol. The highest BCUT2D eigenvalue weighted by atomic mass is 35.5. The summed E-state index contributed by atoms with van der Waals surface area (Å²) in [5, 5.41) is 3.92. The summed E-state index contributed by atoms with van der Waals surface area (Å²) in [6.07, 6.45) is 0. The summed E-state index contributed by atoms with van der Waals surface area (Å²) >= 11 is 5.82. The third kappa shape index (κ3) is 1.72. The average Bonchev–Trinajstić information content (AvgIpc) is 2.05. The van der Waals surface area contributed by atoms with Crippen LogP contribution in [0.2, 0.25) is 0 Å². The first kappa shape index (κ1) is 7.58. The molecule has 1 rings (SSSR count). The van der Waals surface area contributed by atoms with Crippen molar-refractivity contribution in [1.29, 1.82) is 0 Å². The molecule has 0 aliphatic heterocycles. The first-order chi connectivity index (χ1) is 4.84. The molecule has 0 aliphatic carbocycles. The Bertz CT molecular complexity index is 186. The van der Waals surface area contributed by atoms with Crippen LogP contribution in [0.15, 0.2) is 30.3 Å². The van der Waals surface area contributed by atoms with Crippen molar-refractivity contribution in [1.82, 2.24) is 5.32 Å². The molecule has 0 saturated heterocycles. The monoisotopic (exact) mass is 154 g/mol. The molecule has 0 spiro atoms. The average molecular weight is 155 g/mol. The second-order valence-corrected chi connectivity index (χ2v) is 2.42. The highest BCUT2D eigenvalue weighted by Crippen LogP contribution is 2.16. The van der Waals surface area contributed by atoms with Crippen molar-refractivity contribution in [2.45, 2.75) is 5.50 Å². The van der Waals surface area contributed by atoms with Gasteiger partial charge in [-0.1, -0.05) is 41.9 Å². The van der Waals surface area contributed by atoms with Crippen LogP contribution >= 0.6 is 11.6 Å². The van der Waals surface area contributed by atoms with Crippen LogP contribution in [-0.2, 0) is 0 Å². The molecule has 0 aliphatic rings. The van der Waals surface area contributed by atoms with Gasteiger partial charge in [0.05, 0.1) is 0 Å². The Morgan fingerprint density at radius 1 is 1.30 bits per heavy atom. The summed E-state index contributed by atoms with van der Waals surface area (Å²) in [7, 11) is 1.71. The zero-order valence-electron chi connectivity index (χ0n) is 5.79. The van der Waals surface area contributed by atoms with E-state index in [-0.39, 0.29) is 5.50 Å². The molecular formula is C8H9ClN. The van der Waals surface area contributed by atoms with Crippen molar-refractivity contribution in [2.24, 2.45) is 0 Å². The largest absolute Gasteiger partial charge is 0.221 e. The molecule has 1 aromatic carbocycles. The van der Waals surface area contributed by atoms with E-state index in [0.717, 1.165) is 5.56 Å². The lowest BCUT2D eigenvalue weighted by Crippen LogP contribution is -2.01. The van der Waals surface area contributed by atoms with E-state index in [1.165, 1.54) is 0 Å². The Labute approximate surface area is 66.0 Å². The fraction of sp³-hybridized carbons (Fsp3) is 0.250. The summed E-state index contributed by atoms with van der Waals surface area (Å²) in [4.78, 5) is 0. The van der Waals surface area contributed by atoms with E-state index in [1.54, 1.807) is 7.05 Å². The van der Waals surface area contributed by atoms with Crippen LogP contribution in [0.4, 0.5) is 0 Å². The Morgan fingerprint density at radius 2 is 1.90 bits per heavy atom. The van der Waals surface area contributed by atoms with Crippen molar-refractivity contribution < 1.29 is 0 Å². The number of halogens is 1. The predicted octanol–water partition coefficient (Wildman–Crippen LogP) is 2.16. The minimum atomic E-state index is -0.193. The zero-order chi connectivity index (χ0) is 7.40. The van der Waals surface area contributed by atoms with E-state index in [4.69, 9.17) is 11.6 Å². The van der Waals surface area contributed by atoms with Gasteiger partial charge in [-0.3, -0.25) is 0 Å². The highest BCUT2D eigenvalue weighted by molar-refractivity contribution is 6.20. The molecule has 0 heterocycles. The molecule has 53 valence electrons. The first-order valence-electron chi connectivity index (χ1n) is 3.12. The lowest BCUT2D eigenvalue weighted by atomic mass is 10.2. The fourth-order valence-electron chi connectivity index (χ4n) is 0.761. The topological polar surface area (TPSA) is 14.1 Å². The molecule has 2 heteroatoms. The van der Waals surface area contributed by atoms with Gasteiger partial charge in [0.1, 0.15) is 5.50 Å². The number of benzene rings is 1. The smallest absolute Gasteiger partial charge is 0.123 e. The molecule has 0 aromatic heterocycles. The van der Waals surface area contributed by atoms with Crippen LogP contribution in [0.3, 0.4) is 0 Å². The summed E-state index contributed by atoms with van der Waals surface area (Å²) in [5.74, 6) is 0. The highest BCUT2D eigenvalue weighted by Gasteiger charge is 2.02. The maximum absolute atomic E-state index is 5.82. The molecule has 1 unspecified atom stereocenters. The van der Waals surface area contributed by atoms with E-state index in [0.29, 0.717) is 0 Å². The van der Waals surface area contributed by atoms with Crippen molar-refractivity contribution in [3.8, 4) is 0 Å². The molecule has 10 heavy (non-hydrogen) atoms. The number of hydrogen-bond acceptors (Lipinski definition) is 0. The maximum Gasteiger partial charge on any atom is 0.123 e. The molecule has 0 N–H and O–H groups in total. The van der Waals surface area contributed by atoms with Gasteiger partial charge in [0.25, 0.3) is 0 Å². The zero-order valence-corrected chi connectivity index (χ0v) is 6.55. The van der Waals surface area contributed by atoms with Gasteiger partial charge < -0.3 is 0 Å². The molecule has 0 bridgehead atoms. The van der Waals surface area contributed by atoms with E-state index < -0.39 is 0 Å². The van der Waals surface area contributed by atoms with Gasteiger partial charge >= 0.3 is 0 Å². The lowest BCUT2D eigenvalue weighted by Gasteiger charge is -2.04. The minimum Gasteiger partial charge on any atom is -0.221 e. The first-order valence-corrected chi connectivity index (χ1v) is 3.56. The molecule has 1 aromatic rings. The summed E-state index contributed by atoms with van der Waals surface area (Å²) in [6.45, 7) is 0. The van der Waals surface area contributed by atoms with Crippen molar-refractivity contribution in [3.63, 3.8) is 0 Å². The van der Waals surface area contributed by atoms with Gasteiger partial charge in [0.15, 0.2) is 0 Å². The van der Waals surface area contributed by atoms with Gasteiger partial charge in [0, 0.05) is 7.05 Å². The molecule has 1 radical (unpaired) electrons. The van der Waals surface area contributed by atoms with Gasteiger partial charge in [-0.2, -0.15) is 0 Å². The normalized spacial score (nSPS) is 13.0. The second-order valence-electron chi connectivity index (χ2n) is 2.00. The standard InChI is InChI=1S/C8H9ClN/c1-10-8(9)7-5-3-2-4-6-7/h2-6,8H,1H3. The molecular weight excluding hydrogens is 146 g/mol. The second kappa shape index (κ2) is 3.59. The molecule has 0 saturated carbocycles. The van der Waals surface area contributed by atoms with Gasteiger partial charge in [-0.15, -0.1) is 0 Å². The Kier molecular flexibility index (Phi) is 2.72. The van der Waals surface area contributed by atoms with E-state index in [1.807, 2.05) is 30.3 Å². The number of rotatable bonds is 2. The molecule has 0 amide bonds. The Balaban J connectivity index is 2.75. The number of hydrogen-bond donors (Lipinski definition) is 0. The number of alkyl halides is 1. The quantitative estimate of drug-likeness (QED) is 0.458. The van der Waals surface area contributed by atoms with Crippen LogP contribution < -0.4 is 5.32 Å². The van der Waals surface area contributed by atoms with Gasteiger partial charge in [0.2, 0.25) is 0 Å². The SMILES string of the molecule is C[N]C(Cl)c1ccccc1. The van der Waals surface area contributed by atoms with Crippen molar-refractivity contribution in [2.75, 3.05) is 7.05 Å². The summed E-state index contributed by atoms with van der Waals surface area (Å²) in [6, 6.07) is 9.80. The van der Waals surface area contributed by atoms with Crippen molar-refractivity contribution in [3.05, 3.63) is 35.9 Å². The van der Waals surface area contributed by atoms with Crippen LogP contribution in [-0.4, -0.2) is 7.05 Å². The minimum absolute atomic E-state index is 0.193. The Morgan fingerprint density at radius 3 is 2.40 bits per heavy atom. The van der Waals surface area contributed by atoms with Crippen LogP contribution in [0.1, 0.15) is 11.1 Å². The lowest BCUT2D eigenvalue weighted by molar-refractivity contribution is 0.766. The van der Waals surface area contributed by atoms with Crippen LogP contribution in [0.25, 0.3) is 0 Å². The van der Waals surface area contributed by atoms with Crippen molar-refractivity contribution >= 4 is 11.6 Å². The third-order valence-corrected chi connectivity index (χ3v) is 1.75. The molecule has 1 atom stereocenters.